The molecule has 1 atom stereocenters. The lowest BCUT2D eigenvalue weighted by Crippen LogP contribution is -2.30. The summed E-state index contributed by atoms with van der Waals surface area (Å²) in [6.07, 6.45) is 4.57. The Kier molecular flexibility index (Phi) is 3.91. The minimum atomic E-state index is -0.754. The number of fused-ring (bicyclic) bond motifs is 1. The van der Waals surface area contributed by atoms with Crippen LogP contribution in [0.25, 0.3) is 0 Å². The van der Waals surface area contributed by atoms with E-state index in [9.17, 15) is 20.0 Å². The third-order valence-electron chi connectivity index (χ3n) is 3.85. The van der Waals surface area contributed by atoms with E-state index < -0.39 is 16.4 Å². The van der Waals surface area contributed by atoms with Gasteiger partial charge >= 0.3 is 5.69 Å². The first-order valence-corrected chi connectivity index (χ1v) is 7.30. The molecule has 2 aromatic rings. The molecule has 1 amide bonds. The van der Waals surface area contributed by atoms with Gasteiger partial charge in [0.2, 0.25) is 11.7 Å². The number of phenols is 1. The van der Waals surface area contributed by atoms with Crippen LogP contribution >= 0.6 is 11.6 Å². The van der Waals surface area contributed by atoms with Crippen molar-refractivity contribution < 1.29 is 14.8 Å². The number of phenolic OH excluding ortho intramolecular Hbond substituents is 1. The number of hydrogen-bond donors (Lipinski definition) is 2. The molecule has 0 radical (unpaired) electrons. The van der Waals surface area contributed by atoms with Crippen molar-refractivity contribution >= 4 is 28.9 Å². The van der Waals surface area contributed by atoms with E-state index in [1.165, 1.54) is 6.07 Å². The molecule has 1 aliphatic rings. The second kappa shape index (κ2) is 5.88. The fourth-order valence-corrected chi connectivity index (χ4v) is 2.86. The van der Waals surface area contributed by atoms with E-state index in [2.05, 4.69) is 10.3 Å². The third kappa shape index (κ3) is 2.98. The predicted molar refractivity (Wildman–Crippen MR) is 82.4 cm³/mol. The van der Waals surface area contributed by atoms with Gasteiger partial charge in [0.25, 0.3) is 0 Å². The number of amides is 1. The number of nitrogens with zero attached hydrogens (tertiary/aromatic N) is 3. The first-order chi connectivity index (χ1) is 11.0. The zero-order valence-corrected chi connectivity index (χ0v) is 12.7. The molecule has 0 saturated carbocycles. The highest BCUT2D eigenvalue weighted by Gasteiger charge is 2.27. The lowest BCUT2D eigenvalue weighted by Gasteiger charge is -2.23. The molecule has 0 saturated heterocycles. The van der Waals surface area contributed by atoms with Crippen LogP contribution in [-0.4, -0.2) is 25.5 Å². The van der Waals surface area contributed by atoms with Crippen LogP contribution in [0.5, 0.6) is 5.75 Å². The number of aryl methyl sites for hydroxylation is 1. The van der Waals surface area contributed by atoms with Crippen molar-refractivity contribution in [2.75, 3.05) is 5.32 Å². The molecule has 1 aromatic carbocycles. The van der Waals surface area contributed by atoms with E-state index in [0.717, 1.165) is 11.8 Å². The van der Waals surface area contributed by atoms with Gasteiger partial charge in [-0.1, -0.05) is 11.6 Å². The fraction of sp³-hybridized carbons (Fsp3) is 0.286. The number of carbonyl (C=O) groups excluding carboxylic acids is 1. The standard InChI is InChI=1S/C14H13ClN4O4/c15-9-4-11(13(20)12(5-9)19(22)23)17-14(21)8-1-2-18-7-16-6-10(18)3-8/h4-8,20H,1-3H2,(H,17,21)/t8-/m0/s1. The molecule has 23 heavy (non-hydrogen) atoms. The van der Waals surface area contributed by atoms with Crippen LogP contribution < -0.4 is 5.32 Å². The van der Waals surface area contributed by atoms with E-state index in [1.54, 1.807) is 12.5 Å². The first kappa shape index (κ1) is 15.3. The quantitative estimate of drug-likeness (QED) is 0.508. The van der Waals surface area contributed by atoms with Crippen LogP contribution in [0, 0.1) is 16.0 Å². The van der Waals surface area contributed by atoms with Crippen molar-refractivity contribution in [2.24, 2.45) is 5.92 Å². The number of halogens is 1. The number of nitrogens with one attached hydrogen (secondary N) is 1. The molecular formula is C14H13ClN4O4. The maximum Gasteiger partial charge on any atom is 0.314 e. The summed E-state index contributed by atoms with van der Waals surface area (Å²) in [6, 6.07) is 2.32. The van der Waals surface area contributed by atoms with Crippen molar-refractivity contribution in [3.8, 4) is 5.75 Å². The molecule has 2 heterocycles. The lowest BCUT2D eigenvalue weighted by molar-refractivity contribution is -0.385. The van der Waals surface area contributed by atoms with Gasteiger partial charge in [0.1, 0.15) is 0 Å². The van der Waals surface area contributed by atoms with Crippen molar-refractivity contribution in [2.45, 2.75) is 19.4 Å². The minimum Gasteiger partial charge on any atom is -0.501 e. The highest BCUT2D eigenvalue weighted by atomic mass is 35.5. The third-order valence-corrected chi connectivity index (χ3v) is 4.07. The van der Waals surface area contributed by atoms with Crippen molar-refractivity contribution in [1.29, 1.82) is 0 Å². The second-order valence-electron chi connectivity index (χ2n) is 5.34. The summed E-state index contributed by atoms with van der Waals surface area (Å²) < 4.78 is 1.98. The average Bonchev–Trinajstić information content (AvgIpc) is 2.97. The zero-order chi connectivity index (χ0) is 16.6. The first-order valence-electron chi connectivity index (χ1n) is 6.92. The molecule has 0 bridgehead atoms. The summed E-state index contributed by atoms with van der Waals surface area (Å²) in [5, 5.41) is 23.4. The van der Waals surface area contributed by atoms with Gasteiger partial charge in [0.05, 0.1) is 16.9 Å². The average molecular weight is 337 g/mol. The predicted octanol–water partition coefficient (Wildman–Crippen LogP) is 2.35. The Morgan fingerprint density at radius 2 is 2.30 bits per heavy atom. The van der Waals surface area contributed by atoms with Gasteiger partial charge in [-0.05, 0) is 12.5 Å². The minimum absolute atomic E-state index is 0.0616. The molecule has 8 nitrogen and oxygen atoms in total. The van der Waals surface area contributed by atoms with Crippen LogP contribution in [-0.2, 0) is 17.8 Å². The van der Waals surface area contributed by atoms with Crippen molar-refractivity contribution in [3.05, 3.63) is 45.5 Å². The van der Waals surface area contributed by atoms with Crippen LogP contribution in [0.15, 0.2) is 24.7 Å². The van der Waals surface area contributed by atoms with Gasteiger partial charge < -0.3 is 15.0 Å². The topological polar surface area (TPSA) is 110 Å². The van der Waals surface area contributed by atoms with Gasteiger partial charge in [-0.2, -0.15) is 0 Å². The molecule has 120 valence electrons. The molecule has 0 aliphatic carbocycles. The van der Waals surface area contributed by atoms with Gasteiger partial charge in [-0.15, -0.1) is 0 Å². The summed E-state index contributed by atoms with van der Waals surface area (Å²) in [7, 11) is 0. The number of rotatable bonds is 3. The van der Waals surface area contributed by atoms with Crippen molar-refractivity contribution in [1.82, 2.24) is 9.55 Å². The molecule has 3 rings (SSSR count). The Morgan fingerprint density at radius 1 is 1.52 bits per heavy atom. The number of nitro benzene ring substituents is 1. The Morgan fingerprint density at radius 3 is 3.04 bits per heavy atom. The Balaban J connectivity index is 1.80. The number of carbonyl (C=O) groups is 1. The van der Waals surface area contributed by atoms with Crippen LogP contribution in [0.4, 0.5) is 11.4 Å². The fourth-order valence-electron chi connectivity index (χ4n) is 2.65. The molecular weight excluding hydrogens is 324 g/mol. The molecule has 2 N–H and O–H groups in total. The molecule has 1 aliphatic heterocycles. The van der Waals surface area contributed by atoms with E-state index >= 15 is 0 Å². The maximum absolute atomic E-state index is 12.4. The Labute approximate surface area is 135 Å². The molecule has 0 unspecified atom stereocenters. The summed E-state index contributed by atoms with van der Waals surface area (Å²) in [4.78, 5) is 26.5. The van der Waals surface area contributed by atoms with Crippen LogP contribution in [0.1, 0.15) is 12.1 Å². The van der Waals surface area contributed by atoms with E-state index in [-0.39, 0.29) is 22.5 Å². The monoisotopic (exact) mass is 336 g/mol. The normalized spacial score (nSPS) is 16.7. The summed E-state index contributed by atoms with van der Waals surface area (Å²) >= 11 is 5.81. The highest BCUT2D eigenvalue weighted by Crippen LogP contribution is 2.37. The van der Waals surface area contributed by atoms with Gasteiger partial charge in [0.15, 0.2) is 0 Å². The molecule has 0 spiro atoms. The number of aromatic hydroxyl groups is 1. The van der Waals surface area contributed by atoms with Crippen LogP contribution in [0.2, 0.25) is 5.02 Å². The largest absolute Gasteiger partial charge is 0.501 e. The number of imidazole rings is 1. The van der Waals surface area contributed by atoms with Gasteiger partial charge in [0, 0.05) is 41.9 Å². The summed E-state index contributed by atoms with van der Waals surface area (Å²) in [6.45, 7) is 0.676. The van der Waals surface area contributed by atoms with Gasteiger partial charge in [-0.25, -0.2) is 4.98 Å². The van der Waals surface area contributed by atoms with E-state index in [4.69, 9.17) is 11.6 Å². The molecule has 9 heteroatoms. The number of aromatic nitrogens is 2. The number of nitro groups is 1. The summed E-state index contributed by atoms with van der Waals surface area (Å²) in [5.41, 5.74) is 0.348. The Hall–Kier alpha value is -2.61. The van der Waals surface area contributed by atoms with Crippen LogP contribution in [0.3, 0.4) is 0 Å². The van der Waals surface area contributed by atoms with E-state index in [1.807, 2.05) is 4.57 Å². The second-order valence-corrected chi connectivity index (χ2v) is 5.77. The lowest BCUT2D eigenvalue weighted by atomic mass is 9.95. The number of anilines is 1. The Bertz CT molecular complexity index is 789. The van der Waals surface area contributed by atoms with E-state index in [0.29, 0.717) is 19.4 Å². The maximum atomic E-state index is 12.4. The van der Waals surface area contributed by atoms with Crippen molar-refractivity contribution in [3.63, 3.8) is 0 Å². The number of benzene rings is 1. The van der Waals surface area contributed by atoms with Gasteiger partial charge in [-0.3, -0.25) is 14.9 Å². The molecule has 1 aromatic heterocycles. The number of hydrogen-bond acceptors (Lipinski definition) is 5. The zero-order valence-electron chi connectivity index (χ0n) is 11.9. The SMILES string of the molecule is O=C(Nc1cc(Cl)cc([N+](=O)[O-])c1O)[C@H]1CCn2cncc2C1. The highest BCUT2D eigenvalue weighted by molar-refractivity contribution is 6.31. The summed E-state index contributed by atoms with van der Waals surface area (Å²) in [5.74, 6) is -1.21. The molecule has 0 fully saturated rings. The smallest absolute Gasteiger partial charge is 0.314 e.